The summed E-state index contributed by atoms with van der Waals surface area (Å²) in [6.45, 7) is 0. The van der Waals surface area contributed by atoms with Gasteiger partial charge in [0.05, 0.1) is 47.7 Å². The van der Waals surface area contributed by atoms with Crippen molar-refractivity contribution in [3.05, 3.63) is 82.8 Å². The first-order valence-corrected chi connectivity index (χ1v) is 14.9. The lowest BCUT2D eigenvalue weighted by Gasteiger charge is -2.35. The predicted octanol–water partition coefficient (Wildman–Crippen LogP) is 9.25. The number of ether oxygens (including phenoxy) is 2. The van der Waals surface area contributed by atoms with Gasteiger partial charge in [-0.3, -0.25) is 0 Å². The average Bonchev–Trinajstić information content (AvgIpc) is 3.01. The number of benzene rings is 4. The topological polar surface area (TPSA) is 68.3 Å². The number of nitrogens with zero attached hydrogens (tertiary/aromatic N) is 2. The lowest BCUT2D eigenvalue weighted by atomic mass is 9.89. The fourth-order valence-corrected chi connectivity index (χ4v) is 6.54. The number of rotatable bonds is 6. The van der Waals surface area contributed by atoms with Crippen molar-refractivity contribution in [3.8, 4) is 11.5 Å². The summed E-state index contributed by atoms with van der Waals surface area (Å²) in [4.78, 5) is 9.84. The van der Waals surface area contributed by atoms with Crippen molar-refractivity contribution in [2.24, 2.45) is 0 Å². The lowest BCUT2D eigenvalue weighted by Crippen LogP contribution is -2.42. The Morgan fingerprint density at radius 3 is 1.45 bits per heavy atom. The average molecular weight is 598 g/mol. The quantitative estimate of drug-likeness (QED) is 0.187. The van der Waals surface area contributed by atoms with E-state index in [-0.39, 0.29) is 12.1 Å². The van der Waals surface area contributed by atoms with Gasteiger partial charge in [0.2, 0.25) is 0 Å². The minimum Gasteiger partial charge on any atom is -0.497 e. The molecule has 1 aliphatic rings. The Balaban J connectivity index is 1.35. The molecule has 6 aromatic rings. The van der Waals surface area contributed by atoms with E-state index in [0.717, 1.165) is 92.2 Å². The molecular weight excluding hydrogens is 567 g/mol. The number of nitrogens with one attached hydrogen (secondary N) is 2. The smallest absolute Gasteiger partial charge is 0.119 e. The Morgan fingerprint density at radius 2 is 1.02 bits per heavy atom. The van der Waals surface area contributed by atoms with E-state index in [0.29, 0.717) is 10.0 Å². The van der Waals surface area contributed by atoms with Gasteiger partial charge in [0.25, 0.3) is 0 Å². The van der Waals surface area contributed by atoms with Crippen LogP contribution in [-0.2, 0) is 0 Å². The maximum absolute atomic E-state index is 6.39. The molecule has 2 aromatic heterocycles. The van der Waals surface area contributed by atoms with Crippen LogP contribution in [0.3, 0.4) is 0 Å². The zero-order valence-electron chi connectivity index (χ0n) is 23.4. The predicted molar refractivity (Wildman–Crippen MR) is 175 cm³/mol. The summed E-state index contributed by atoms with van der Waals surface area (Å²) in [6.07, 6.45) is 4.34. The van der Waals surface area contributed by atoms with Gasteiger partial charge in [-0.1, -0.05) is 36.0 Å². The number of hydrogen-bond donors (Lipinski definition) is 2. The zero-order chi connectivity index (χ0) is 28.8. The molecule has 2 N–H and O–H groups in total. The fraction of sp³-hybridized carbons (Fsp3) is 0.235. The van der Waals surface area contributed by atoms with Gasteiger partial charge in [0, 0.05) is 43.7 Å². The first-order chi connectivity index (χ1) is 20.5. The van der Waals surface area contributed by atoms with E-state index in [4.69, 9.17) is 42.6 Å². The van der Waals surface area contributed by atoms with E-state index in [1.54, 1.807) is 14.2 Å². The molecule has 0 radical (unpaired) electrons. The van der Waals surface area contributed by atoms with Gasteiger partial charge in [0.15, 0.2) is 0 Å². The van der Waals surface area contributed by atoms with E-state index in [1.807, 2.05) is 48.5 Å². The van der Waals surface area contributed by atoms with E-state index in [9.17, 15) is 0 Å². The number of methoxy groups -OCH3 is 2. The summed E-state index contributed by atoms with van der Waals surface area (Å²) < 4.78 is 11.2. The number of aromatic nitrogens is 2. The van der Waals surface area contributed by atoms with E-state index in [2.05, 4.69) is 34.9 Å². The second-order valence-corrected chi connectivity index (χ2v) is 11.7. The molecule has 4 aromatic carbocycles. The Morgan fingerprint density at radius 1 is 0.571 bits per heavy atom. The lowest BCUT2D eigenvalue weighted by molar-refractivity contribution is 0.415. The van der Waals surface area contributed by atoms with Crippen molar-refractivity contribution in [2.45, 2.75) is 37.8 Å². The van der Waals surface area contributed by atoms with Gasteiger partial charge in [-0.15, -0.1) is 0 Å². The van der Waals surface area contributed by atoms with E-state index < -0.39 is 0 Å². The molecule has 1 fully saturated rings. The van der Waals surface area contributed by atoms with Gasteiger partial charge < -0.3 is 20.1 Å². The van der Waals surface area contributed by atoms with Crippen molar-refractivity contribution in [1.29, 1.82) is 0 Å². The molecule has 212 valence electrons. The molecule has 6 nitrogen and oxygen atoms in total. The highest BCUT2D eigenvalue weighted by atomic mass is 35.5. The van der Waals surface area contributed by atoms with Gasteiger partial charge in [-0.2, -0.15) is 0 Å². The first kappa shape index (κ1) is 26.9. The largest absolute Gasteiger partial charge is 0.497 e. The normalized spacial score (nSPS) is 17.1. The summed E-state index contributed by atoms with van der Waals surface area (Å²) in [5.74, 6) is 1.59. The number of pyridine rings is 2. The van der Waals surface area contributed by atoms with Gasteiger partial charge in [-0.05, 0) is 85.6 Å². The second-order valence-electron chi connectivity index (χ2n) is 10.8. The molecule has 2 atom stereocenters. The van der Waals surface area contributed by atoms with Crippen LogP contribution in [-0.4, -0.2) is 36.3 Å². The Kier molecular flexibility index (Phi) is 7.04. The minimum atomic E-state index is 0.158. The molecular formula is C34H30Cl2N4O2. The number of hydrogen-bond acceptors (Lipinski definition) is 6. The van der Waals surface area contributed by atoms with Crippen molar-refractivity contribution in [3.63, 3.8) is 0 Å². The summed E-state index contributed by atoms with van der Waals surface area (Å²) in [5, 5.41) is 13.4. The molecule has 1 saturated carbocycles. The molecule has 1 aliphatic carbocycles. The highest BCUT2D eigenvalue weighted by molar-refractivity contribution is 6.32. The third kappa shape index (κ3) is 4.89. The van der Waals surface area contributed by atoms with Crippen LogP contribution in [0.4, 0.5) is 11.4 Å². The Hall–Kier alpha value is -4.00. The molecule has 42 heavy (non-hydrogen) atoms. The summed E-state index contributed by atoms with van der Waals surface area (Å²) in [6, 6.07) is 24.1. The maximum Gasteiger partial charge on any atom is 0.119 e. The van der Waals surface area contributed by atoms with Gasteiger partial charge in [-0.25, -0.2) is 9.97 Å². The molecule has 0 spiro atoms. The van der Waals surface area contributed by atoms with Crippen LogP contribution in [0.25, 0.3) is 43.6 Å². The molecule has 8 heteroatoms. The molecule has 0 amide bonds. The van der Waals surface area contributed by atoms with Crippen LogP contribution in [0.15, 0.2) is 72.8 Å². The third-order valence-electron chi connectivity index (χ3n) is 8.31. The molecule has 7 rings (SSSR count). The van der Waals surface area contributed by atoms with Crippen molar-refractivity contribution in [2.75, 3.05) is 24.9 Å². The van der Waals surface area contributed by atoms with Crippen molar-refractivity contribution >= 4 is 78.2 Å². The maximum atomic E-state index is 6.39. The number of anilines is 2. The number of halogens is 2. The molecule has 0 saturated heterocycles. The van der Waals surface area contributed by atoms with Crippen LogP contribution < -0.4 is 20.1 Å². The van der Waals surface area contributed by atoms with Crippen LogP contribution in [0.5, 0.6) is 11.5 Å². The van der Waals surface area contributed by atoms with Crippen LogP contribution in [0.1, 0.15) is 25.7 Å². The second kappa shape index (κ2) is 11.0. The third-order valence-corrected chi connectivity index (χ3v) is 8.78. The fourth-order valence-electron chi connectivity index (χ4n) is 6.21. The van der Waals surface area contributed by atoms with Crippen molar-refractivity contribution < 1.29 is 9.47 Å². The van der Waals surface area contributed by atoms with Crippen LogP contribution in [0, 0.1) is 0 Å². The van der Waals surface area contributed by atoms with Crippen molar-refractivity contribution in [1.82, 2.24) is 9.97 Å². The highest BCUT2D eigenvalue weighted by Crippen LogP contribution is 2.39. The monoisotopic (exact) mass is 596 g/mol. The highest BCUT2D eigenvalue weighted by Gasteiger charge is 2.28. The standard InChI is InChI=1S/C34H30Cl2N4O2/c1-41-21-9-13-27-25(17-21)33(23-11-7-19(35)15-31(23)37-27)39-29-5-3-4-6-30(29)40-34-24-12-8-20(36)16-32(24)38-28-14-10-22(42-2)18-26(28)34/h7-18,29-30H,3-6H2,1-2H3,(H,37,39)(H,38,40). The molecule has 0 aliphatic heterocycles. The summed E-state index contributed by atoms with van der Waals surface area (Å²) >= 11 is 12.8. The minimum absolute atomic E-state index is 0.158. The van der Waals surface area contributed by atoms with Crippen LogP contribution >= 0.6 is 23.2 Å². The molecule has 2 unspecified atom stereocenters. The Bertz CT molecular complexity index is 1840. The van der Waals surface area contributed by atoms with Gasteiger partial charge >= 0.3 is 0 Å². The van der Waals surface area contributed by atoms with E-state index >= 15 is 0 Å². The summed E-state index contributed by atoms with van der Waals surface area (Å²) in [7, 11) is 3.38. The molecule has 0 bridgehead atoms. The van der Waals surface area contributed by atoms with E-state index in [1.165, 1.54) is 0 Å². The first-order valence-electron chi connectivity index (χ1n) is 14.2. The Labute approximate surface area is 254 Å². The SMILES string of the molecule is COc1ccc2nc3cc(Cl)ccc3c(NC3CCCCC3Nc3c4ccc(Cl)cc4nc4ccc(OC)cc34)c2c1. The number of fused-ring (bicyclic) bond motifs is 4. The summed E-state index contributed by atoms with van der Waals surface area (Å²) in [5.41, 5.74) is 5.59. The van der Waals surface area contributed by atoms with Crippen LogP contribution in [0.2, 0.25) is 10.0 Å². The molecule has 2 heterocycles. The zero-order valence-corrected chi connectivity index (χ0v) is 24.9. The van der Waals surface area contributed by atoms with Gasteiger partial charge in [0.1, 0.15) is 11.5 Å².